The molecule has 5 nitrogen and oxygen atoms in total. The summed E-state index contributed by atoms with van der Waals surface area (Å²) in [6.45, 7) is -0.406. The first-order valence-electron chi connectivity index (χ1n) is 5.89. The molecule has 2 rings (SSSR count). The Morgan fingerprint density at radius 1 is 1.29 bits per heavy atom. The fourth-order valence-electron chi connectivity index (χ4n) is 1.51. The van der Waals surface area contributed by atoms with Crippen LogP contribution in [0.5, 0.6) is 0 Å². The van der Waals surface area contributed by atoms with Gasteiger partial charge in [-0.15, -0.1) is 0 Å². The van der Waals surface area contributed by atoms with Crippen LogP contribution in [0.1, 0.15) is 10.4 Å². The number of pyridine rings is 1. The summed E-state index contributed by atoms with van der Waals surface area (Å²) in [5.41, 5.74) is 0.722. The highest BCUT2D eigenvalue weighted by Gasteiger charge is 2.14. The number of esters is 1. The van der Waals surface area contributed by atoms with Gasteiger partial charge in [-0.1, -0.05) is 33.6 Å². The van der Waals surface area contributed by atoms with Gasteiger partial charge in [0.2, 0.25) is 0 Å². The Morgan fingerprint density at radius 3 is 2.81 bits per heavy atom. The van der Waals surface area contributed by atoms with Gasteiger partial charge in [0.15, 0.2) is 6.61 Å². The molecule has 1 aromatic heterocycles. The number of nitrogens with one attached hydrogen (secondary N) is 1. The molecule has 108 valence electrons. The molecule has 0 atom stereocenters. The number of anilines is 1. The zero-order valence-corrected chi connectivity index (χ0v) is 13.0. The summed E-state index contributed by atoms with van der Waals surface area (Å²) in [7, 11) is 0. The minimum atomic E-state index is -0.697. The van der Waals surface area contributed by atoms with E-state index in [1.54, 1.807) is 24.3 Å². The topological polar surface area (TPSA) is 68.3 Å². The van der Waals surface area contributed by atoms with Crippen LogP contribution in [0.3, 0.4) is 0 Å². The van der Waals surface area contributed by atoms with Crippen LogP contribution in [0.15, 0.2) is 47.1 Å². The van der Waals surface area contributed by atoms with Crippen LogP contribution in [0.4, 0.5) is 5.69 Å². The largest absolute Gasteiger partial charge is 0.452 e. The highest BCUT2D eigenvalue weighted by Crippen LogP contribution is 2.16. The standard InChI is InChI=1S/C14H10BrClN2O3/c15-9-3-1-4-10(7-9)18-12(19)8-21-14(20)11-5-2-6-17-13(11)16/h1-7H,8H2,(H,18,19). The molecule has 0 spiro atoms. The molecule has 1 amide bonds. The number of carbonyl (C=O) groups excluding carboxylic acids is 2. The third kappa shape index (κ3) is 4.54. The van der Waals surface area contributed by atoms with Crippen LogP contribution in [0, 0.1) is 0 Å². The first-order valence-corrected chi connectivity index (χ1v) is 7.06. The van der Waals surface area contributed by atoms with Gasteiger partial charge < -0.3 is 10.1 Å². The fourth-order valence-corrected chi connectivity index (χ4v) is 2.11. The van der Waals surface area contributed by atoms with Crippen LogP contribution >= 0.6 is 27.5 Å². The first kappa shape index (κ1) is 15.5. The van der Waals surface area contributed by atoms with Crippen molar-refractivity contribution in [2.45, 2.75) is 0 Å². The summed E-state index contributed by atoms with van der Waals surface area (Å²) in [5, 5.41) is 2.65. The second kappa shape index (κ2) is 7.19. The Morgan fingerprint density at radius 2 is 2.10 bits per heavy atom. The highest BCUT2D eigenvalue weighted by molar-refractivity contribution is 9.10. The van der Waals surface area contributed by atoms with Crippen LogP contribution in [0.2, 0.25) is 5.15 Å². The van der Waals surface area contributed by atoms with E-state index in [1.807, 2.05) is 6.07 Å². The summed E-state index contributed by atoms with van der Waals surface area (Å²) in [5.74, 6) is -1.14. The van der Waals surface area contributed by atoms with Crippen molar-refractivity contribution in [3.8, 4) is 0 Å². The van der Waals surface area contributed by atoms with Crippen molar-refractivity contribution < 1.29 is 14.3 Å². The number of rotatable bonds is 4. The smallest absolute Gasteiger partial charge is 0.341 e. The van der Waals surface area contributed by atoms with E-state index < -0.39 is 18.5 Å². The minimum absolute atomic E-state index is 0.0369. The van der Waals surface area contributed by atoms with E-state index in [0.29, 0.717) is 5.69 Å². The predicted molar refractivity (Wildman–Crippen MR) is 82.3 cm³/mol. The molecule has 0 unspecified atom stereocenters. The predicted octanol–water partition coefficient (Wildman–Crippen LogP) is 3.29. The second-order valence-corrected chi connectivity index (χ2v) is 5.25. The minimum Gasteiger partial charge on any atom is -0.452 e. The summed E-state index contributed by atoms with van der Waals surface area (Å²) >= 11 is 9.06. The number of benzene rings is 1. The van der Waals surface area contributed by atoms with E-state index in [4.69, 9.17) is 16.3 Å². The molecule has 21 heavy (non-hydrogen) atoms. The van der Waals surface area contributed by atoms with Gasteiger partial charge in [0, 0.05) is 16.4 Å². The molecule has 0 saturated heterocycles. The Labute approximate surface area is 134 Å². The van der Waals surface area contributed by atoms with Crippen LogP contribution in [-0.2, 0) is 9.53 Å². The van der Waals surface area contributed by atoms with Crippen molar-refractivity contribution in [3.05, 3.63) is 57.8 Å². The van der Waals surface area contributed by atoms with Gasteiger partial charge in [0.25, 0.3) is 5.91 Å². The quantitative estimate of drug-likeness (QED) is 0.663. The maximum Gasteiger partial charge on any atom is 0.341 e. The van der Waals surface area contributed by atoms with Crippen molar-refractivity contribution in [2.75, 3.05) is 11.9 Å². The number of hydrogen-bond donors (Lipinski definition) is 1. The summed E-state index contributed by atoms with van der Waals surface area (Å²) in [6, 6.07) is 10.1. The zero-order valence-electron chi connectivity index (χ0n) is 10.7. The molecule has 7 heteroatoms. The van der Waals surface area contributed by atoms with Gasteiger partial charge in [-0.3, -0.25) is 4.79 Å². The maximum absolute atomic E-state index is 11.7. The second-order valence-electron chi connectivity index (χ2n) is 3.98. The SMILES string of the molecule is O=C(COC(=O)c1cccnc1Cl)Nc1cccc(Br)c1. The lowest BCUT2D eigenvalue weighted by atomic mass is 10.3. The molecule has 0 aliphatic carbocycles. The van der Waals surface area contributed by atoms with E-state index >= 15 is 0 Å². The molecule has 1 heterocycles. The molecule has 0 aliphatic rings. The number of aromatic nitrogens is 1. The molecular formula is C14H10BrClN2O3. The fraction of sp³-hybridized carbons (Fsp3) is 0.0714. The maximum atomic E-state index is 11.7. The Balaban J connectivity index is 1.90. The number of amides is 1. The molecule has 0 radical (unpaired) electrons. The monoisotopic (exact) mass is 368 g/mol. The molecule has 0 aliphatic heterocycles. The average Bonchev–Trinajstić information content (AvgIpc) is 2.45. The van der Waals surface area contributed by atoms with Crippen molar-refractivity contribution in [1.82, 2.24) is 4.98 Å². The van der Waals surface area contributed by atoms with Crippen LogP contribution < -0.4 is 5.32 Å². The third-order valence-electron chi connectivity index (χ3n) is 2.42. The number of ether oxygens (including phenoxy) is 1. The number of nitrogens with zero attached hydrogens (tertiary/aromatic N) is 1. The van der Waals surface area contributed by atoms with E-state index in [1.165, 1.54) is 12.3 Å². The number of hydrogen-bond acceptors (Lipinski definition) is 4. The average molecular weight is 370 g/mol. The summed E-state index contributed by atoms with van der Waals surface area (Å²) < 4.78 is 5.72. The lowest BCUT2D eigenvalue weighted by Crippen LogP contribution is -2.21. The van der Waals surface area contributed by atoms with Crippen molar-refractivity contribution in [3.63, 3.8) is 0 Å². The van der Waals surface area contributed by atoms with Crippen LogP contribution in [0.25, 0.3) is 0 Å². The molecule has 0 bridgehead atoms. The van der Waals surface area contributed by atoms with E-state index in [2.05, 4.69) is 26.2 Å². The van der Waals surface area contributed by atoms with Crippen molar-refractivity contribution >= 4 is 45.1 Å². The van der Waals surface area contributed by atoms with Gasteiger partial charge in [0.05, 0.1) is 5.56 Å². The molecule has 1 N–H and O–H groups in total. The Bertz CT molecular complexity index is 679. The lowest BCUT2D eigenvalue weighted by molar-refractivity contribution is -0.119. The first-order chi connectivity index (χ1) is 10.1. The normalized spacial score (nSPS) is 10.0. The summed E-state index contributed by atoms with van der Waals surface area (Å²) in [6.07, 6.45) is 1.46. The molecule has 0 saturated carbocycles. The summed E-state index contributed by atoms with van der Waals surface area (Å²) in [4.78, 5) is 27.2. The molecule has 1 aromatic carbocycles. The van der Waals surface area contributed by atoms with Gasteiger partial charge in [0.1, 0.15) is 5.15 Å². The van der Waals surface area contributed by atoms with Gasteiger partial charge in [-0.2, -0.15) is 0 Å². The van der Waals surface area contributed by atoms with E-state index in [0.717, 1.165) is 4.47 Å². The number of halogens is 2. The Kier molecular flexibility index (Phi) is 5.30. The number of carbonyl (C=O) groups is 2. The lowest BCUT2D eigenvalue weighted by Gasteiger charge is -2.07. The van der Waals surface area contributed by atoms with Gasteiger partial charge in [-0.05, 0) is 30.3 Å². The van der Waals surface area contributed by atoms with Crippen molar-refractivity contribution in [2.24, 2.45) is 0 Å². The van der Waals surface area contributed by atoms with E-state index in [-0.39, 0.29) is 10.7 Å². The third-order valence-corrected chi connectivity index (χ3v) is 3.22. The zero-order chi connectivity index (χ0) is 15.2. The Hall–Kier alpha value is -1.92. The van der Waals surface area contributed by atoms with Gasteiger partial charge >= 0.3 is 5.97 Å². The molecule has 2 aromatic rings. The van der Waals surface area contributed by atoms with E-state index in [9.17, 15) is 9.59 Å². The molecular weight excluding hydrogens is 360 g/mol. The molecule has 0 fully saturated rings. The van der Waals surface area contributed by atoms with Crippen molar-refractivity contribution in [1.29, 1.82) is 0 Å². The highest BCUT2D eigenvalue weighted by atomic mass is 79.9. The van der Waals surface area contributed by atoms with Gasteiger partial charge in [-0.25, -0.2) is 9.78 Å². The van der Waals surface area contributed by atoms with Crippen LogP contribution in [-0.4, -0.2) is 23.5 Å².